The molecule has 0 aromatic heterocycles. The molecule has 2 aliphatic carbocycles. The van der Waals surface area contributed by atoms with Gasteiger partial charge < -0.3 is 10.1 Å². The maximum atomic E-state index is 6.30. The molecule has 0 aromatic rings. The van der Waals surface area contributed by atoms with Gasteiger partial charge >= 0.3 is 0 Å². The molecule has 2 nitrogen and oxygen atoms in total. The van der Waals surface area contributed by atoms with Gasteiger partial charge in [-0.2, -0.15) is 0 Å². The van der Waals surface area contributed by atoms with Crippen molar-refractivity contribution in [1.29, 1.82) is 0 Å². The van der Waals surface area contributed by atoms with Crippen molar-refractivity contribution in [3.05, 3.63) is 0 Å². The molecule has 0 amide bonds. The summed E-state index contributed by atoms with van der Waals surface area (Å²) in [6.45, 7) is 6.44. The van der Waals surface area contributed by atoms with E-state index in [1.54, 1.807) is 0 Å². The minimum Gasteiger partial charge on any atom is -0.374 e. The molecule has 0 heterocycles. The Morgan fingerprint density at radius 2 is 1.79 bits per heavy atom. The molecule has 2 rings (SSSR count). The number of nitrogens with one attached hydrogen (secondary N) is 1. The second-order valence-electron chi connectivity index (χ2n) is 6.60. The van der Waals surface area contributed by atoms with Crippen molar-refractivity contribution in [2.24, 2.45) is 5.92 Å². The Morgan fingerprint density at radius 3 is 2.37 bits per heavy atom. The van der Waals surface area contributed by atoms with Gasteiger partial charge in [-0.25, -0.2) is 0 Å². The van der Waals surface area contributed by atoms with E-state index in [9.17, 15) is 0 Å². The maximum Gasteiger partial charge on any atom is 0.0834 e. The molecule has 0 aromatic carbocycles. The van der Waals surface area contributed by atoms with E-state index >= 15 is 0 Å². The monoisotopic (exact) mass is 267 g/mol. The van der Waals surface area contributed by atoms with E-state index in [0.717, 1.165) is 19.1 Å². The van der Waals surface area contributed by atoms with Crippen LogP contribution in [-0.4, -0.2) is 24.8 Å². The van der Waals surface area contributed by atoms with Crippen molar-refractivity contribution < 1.29 is 4.74 Å². The Bertz CT molecular complexity index is 242. The van der Waals surface area contributed by atoms with Crippen molar-refractivity contribution in [3.8, 4) is 0 Å². The van der Waals surface area contributed by atoms with Gasteiger partial charge in [-0.05, 0) is 45.1 Å². The Morgan fingerprint density at radius 1 is 1.11 bits per heavy atom. The van der Waals surface area contributed by atoms with E-state index < -0.39 is 0 Å². The van der Waals surface area contributed by atoms with Crippen molar-refractivity contribution in [3.63, 3.8) is 0 Å². The zero-order chi connectivity index (χ0) is 13.6. The van der Waals surface area contributed by atoms with E-state index in [0.29, 0.717) is 6.04 Å². The summed E-state index contributed by atoms with van der Waals surface area (Å²) in [6.07, 6.45) is 13.6. The highest BCUT2D eigenvalue weighted by molar-refractivity contribution is 4.98. The lowest BCUT2D eigenvalue weighted by Crippen LogP contribution is -2.52. The lowest BCUT2D eigenvalue weighted by Gasteiger charge is -2.39. The van der Waals surface area contributed by atoms with Crippen LogP contribution in [0.4, 0.5) is 0 Å². The molecule has 2 saturated carbocycles. The van der Waals surface area contributed by atoms with Gasteiger partial charge in [-0.3, -0.25) is 0 Å². The molecule has 0 radical (unpaired) electrons. The molecule has 112 valence electrons. The molecule has 2 heteroatoms. The van der Waals surface area contributed by atoms with Crippen LogP contribution < -0.4 is 5.32 Å². The van der Waals surface area contributed by atoms with Crippen molar-refractivity contribution in [1.82, 2.24) is 5.32 Å². The summed E-state index contributed by atoms with van der Waals surface area (Å²) in [5, 5.41) is 3.84. The predicted octanol–water partition coefficient (Wildman–Crippen LogP) is 4.28. The van der Waals surface area contributed by atoms with Crippen molar-refractivity contribution in [2.75, 3.05) is 13.2 Å². The van der Waals surface area contributed by atoms with Crippen LogP contribution in [0.5, 0.6) is 0 Å². The van der Waals surface area contributed by atoms with Crippen LogP contribution in [0.25, 0.3) is 0 Å². The average molecular weight is 267 g/mol. The third-order valence-corrected chi connectivity index (χ3v) is 5.20. The molecule has 1 atom stereocenters. The van der Waals surface area contributed by atoms with E-state index in [-0.39, 0.29) is 5.60 Å². The molecule has 1 unspecified atom stereocenters. The van der Waals surface area contributed by atoms with Crippen LogP contribution in [-0.2, 0) is 4.74 Å². The quantitative estimate of drug-likeness (QED) is 0.708. The lowest BCUT2D eigenvalue weighted by atomic mass is 9.84. The molecule has 1 N–H and O–H groups in total. The summed E-state index contributed by atoms with van der Waals surface area (Å²) in [7, 11) is 0. The molecule has 0 aliphatic heterocycles. The Balaban J connectivity index is 2.00. The van der Waals surface area contributed by atoms with E-state index in [2.05, 4.69) is 19.2 Å². The van der Waals surface area contributed by atoms with E-state index in [4.69, 9.17) is 4.74 Å². The fraction of sp³-hybridized carbons (Fsp3) is 1.00. The van der Waals surface area contributed by atoms with Crippen LogP contribution >= 0.6 is 0 Å². The SMILES string of the molecule is CCCNC(CC1CCCC1)C1(OCC)CCCC1. The van der Waals surface area contributed by atoms with Gasteiger partial charge in [-0.15, -0.1) is 0 Å². The third kappa shape index (κ3) is 3.95. The first-order valence-corrected chi connectivity index (χ1v) is 8.68. The number of hydrogen-bond acceptors (Lipinski definition) is 2. The van der Waals surface area contributed by atoms with E-state index in [1.807, 2.05) is 0 Å². The summed E-state index contributed by atoms with van der Waals surface area (Å²) < 4.78 is 6.30. The molecular weight excluding hydrogens is 234 g/mol. The first kappa shape index (κ1) is 15.3. The summed E-state index contributed by atoms with van der Waals surface area (Å²) in [5.74, 6) is 0.951. The number of rotatable bonds is 8. The highest BCUT2D eigenvalue weighted by Crippen LogP contribution is 2.40. The molecular formula is C17H33NO. The van der Waals surface area contributed by atoms with Crippen LogP contribution in [0.2, 0.25) is 0 Å². The first-order chi connectivity index (χ1) is 9.30. The van der Waals surface area contributed by atoms with Gasteiger partial charge in [0.25, 0.3) is 0 Å². The normalized spacial score (nSPS) is 24.9. The molecule has 0 spiro atoms. The average Bonchev–Trinajstić information content (AvgIpc) is 3.06. The van der Waals surface area contributed by atoms with Crippen LogP contribution in [0, 0.1) is 5.92 Å². The van der Waals surface area contributed by atoms with Gasteiger partial charge in [0.15, 0.2) is 0 Å². The largest absolute Gasteiger partial charge is 0.374 e. The zero-order valence-electron chi connectivity index (χ0n) is 13.0. The molecule has 0 bridgehead atoms. The molecule has 2 fully saturated rings. The highest BCUT2D eigenvalue weighted by Gasteiger charge is 2.42. The van der Waals surface area contributed by atoms with E-state index in [1.165, 1.54) is 64.2 Å². The van der Waals surface area contributed by atoms with Crippen LogP contribution in [0.15, 0.2) is 0 Å². The van der Waals surface area contributed by atoms with Crippen LogP contribution in [0.1, 0.15) is 78.1 Å². The maximum absolute atomic E-state index is 6.30. The zero-order valence-corrected chi connectivity index (χ0v) is 13.0. The molecule has 19 heavy (non-hydrogen) atoms. The molecule has 2 aliphatic rings. The predicted molar refractivity (Wildman–Crippen MR) is 81.5 cm³/mol. The fourth-order valence-corrected chi connectivity index (χ4v) is 4.24. The Labute approximate surface area is 119 Å². The summed E-state index contributed by atoms with van der Waals surface area (Å²) in [5.41, 5.74) is 0.159. The van der Waals surface area contributed by atoms with Crippen molar-refractivity contribution >= 4 is 0 Å². The minimum absolute atomic E-state index is 0.159. The fourth-order valence-electron chi connectivity index (χ4n) is 4.24. The van der Waals surface area contributed by atoms with Crippen molar-refractivity contribution in [2.45, 2.75) is 89.7 Å². The Kier molecular flexibility index (Phi) is 6.15. The second-order valence-corrected chi connectivity index (χ2v) is 6.60. The van der Waals surface area contributed by atoms with Gasteiger partial charge in [0.1, 0.15) is 0 Å². The summed E-state index contributed by atoms with van der Waals surface area (Å²) in [6, 6.07) is 0.595. The topological polar surface area (TPSA) is 21.3 Å². The summed E-state index contributed by atoms with van der Waals surface area (Å²) in [4.78, 5) is 0. The minimum atomic E-state index is 0.159. The smallest absolute Gasteiger partial charge is 0.0834 e. The molecule has 0 saturated heterocycles. The van der Waals surface area contributed by atoms with Gasteiger partial charge in [0.2, 0.25) is 0 Å². The van der Waals surface area contributed by atoms with Gasteiger partial charge in [0.05, 0.1) is 5.60 Å². The number of ether oxygens (including phenoxy) is 1. The number of hydrogen-bond donors (Lipinski definition) is 1. The lowest BCUT2D eigenvalue weighted by molar-refractivity contribution is -0.0662. The highest BCUT2D eigenvalue weighted by atomic mass is 16.5. The van der Waals surface area contributed by atoms with Crippen LogP contribution in [0.3, 0.4) is 0 Å². The standard InChI is InChI=1S/C17H33NO/c1-3-13-18-16(14-15-9-5-6-10-15)17(19-4-2)11-7-8-12-17/h15-16,18H,3-14H2,1-2H3. The summed E-state index contributed by atoms with van der Waals surface area (Å²) >= 11 is 0. The van der Waals surface area contributed by atoms with Gasteiger partial charge in [0, 0.05) is 12.6 Å². The third-order valence-electron chi connectivity index (χ3n) is 5.20. The second kappa shape index (κ2) is 7.64. The first-order valence-electron chi connectivity index (χ1n) is 8.68. The van der Waals surface area contributed by atoms with Gasteiger partial charge in [-0.1, -0.05) is 45.4 Å². The Hall–Kier alpha value is -0.0800.